The summed E-state index contributed by atoms with van der Waals surface area (Å²) in [6, 6.07) is 3.46. The van der Waals surface area contributed by atoms with Gasteiger partial charge in [0.2, 0.25) is 0 Å². The van der Waals surface area contributed by atoms with E-state index in [1.807, 2.05) is 0 Å². The van der Waals surface area contributed by atoms with E-state index in [1.54, 1.807) is 0 Å². The second-order valence-corrected chi connectivity index (χ2v) is 5.36. The van der Waals surface area contributed by atoms with Crippen LogP contribution in [-0.4, -0.2) is 22.7 Å². The van der Waals surface area contributed by atoms with Crippen molar-refractivity contribution in [1.29, 1.82) is 0 Å². The lowest BCUT2D eigenvalue weighted by Crippen LogP contribution is -2.39. The summed E-state index contributed by atoms with van der Waals surface area (Å²) in [5.74, 6) is -6.27. The second-order valence-electron chi connectivity index (χ2n) is 5.36. The largest absolute Gasteiger partial charge is 0.507 e. The zero-order valence-corrected chi connectivity index (χ0v) is 12.4. The van der Waals surface area contributed by atoms with Crippen LogP contribution in [0, 0.1) is 23.3 Å². The Morgan fingerprint density at radius 2 is 1.71 bits per heavy atom. The van der Waals surface area contributed by atoms with Crippen LogP contribution in [0.4, 0.5) is 17.6 Å². The third-order valence-electron chi connectivity index (χ3n) is 3.37. The Hall–Kier alpha value is -2.61. The minimum atomic E-state index is -1.93. The standard InChI is InChI=1S/C16H13F4NO3/c1-16(24,10-3-2-8(17)4-11(10)19)7-21-15(23)14-12(20)5-9(18)6-13(14)22/h2-6,22,24H,7H2,1H3,(H,21,23). The molecule has 2 rings (SSSR count). The van der Waals surface area contributed by atoms with Crippen LogP contribution in [-0.2, 0) is 5.60 Å². The summed E-state index contributed by atoms with van der Waals surface area (Å²) in [5, 5.41) is 21.8. The summed E-state index contributed by atoms with van der Waals surface area (Å²) in [7, 11) is 0. The molecular formula is C16H13F4NO3. The van der Waals surface area contributed by atoms with Crippen LogP contribution in [0.2, 0.25) is 0 Å². The Morgan fingerprint density at radius 3 is 2.29 bits per heavy atom. The predicted molar refractivity (Wildman–Crippen MR) is 76.3 cm³/mol. The summed E-state index contributed by atoms with van der Waals surface area (Å²) in [6.07, 6.45) is 0. The van der Waals surface area contributed by atoms with Gasteiger partial charge in [-0.25, -0.2) is 17.6 Å². The fourth-order valence-electron chi connectivity index (χ4n) is 2.15. The van der Waals surface area contributed by atoms with E-state index in [1.165, 1.54) is 0 Å². The molecule has 0 aromatic heterocycles. The van der Waals surface area contributed by atoms with Crippen LogP contribution in [0.25, 0.3) is 0 Å². The van der Waals surface area contributed by atoms with E-state index in [4.69, 9.17) is 0 Å². The Balaban J connectivity index is 2.19. The number of aromatic hydroxyl groups is 1. The number of amides is 1. The SMILES string of the molecule is CC(O)(CNC(=O)c1c(O)cc(F)cc1F)c1ccc(F)cc1F. The topological polar surface area (TPSA) is 69.6 Å². The Morgan fingerprint density at radius 1 is 1.08 bits per heavy atom. The molecule has 3 N–H and O–H groups in total. The maximum absolute atomic E-state index is 13.7. The van der Waals surface area contributed by atoms with E-state index < -0.39 is 52.6 Å². The molecule has 2 aromatic carbocycles. The lowest BCUT2D eigenvalue weighted by Gasteiger charge is -2.25. The van der Waals surface area contributed by atoms with E-state index >= 15 is 0 Å². The van der Waals surface area contributed by atoms with Crippen molar-refractivity contribution >= 4 is 5.91 Å². The van der Waals surface area contributed by atoms with Crippen LogP contribution >= 0.6 is 0 Å². The summed E-state index contributed by atoms with van der Waals surface area (Å²) < 4.78 is 53.1. The highest BCUT2D eigenvalue weighted by Gasteiger charge is 2.28. The van der Waals surface area contributed by atoms with Gasteiger partial charge in [-0.3, -0.25) is 4.79 Å². The zero-order chi connectivity index (χ0) is 18.1. The first-order chi connectivity index (χ1) is 11.1. The monoisotopic (exact) mass is 343 g/mol. The molecule has 0 fully saturated rings. The van der Waals surface area contributed by atoms with Crippen molar-refractivity contribution in [3.05, 3.63) is 64.7 Å². The number of benzene rings is 2. The highest BCUT2D eigenvalue weighted by atomic mass is 19.1. The van der Waals surface area contributed by atoms with Crippen molar-refractivity contribution in [2.75, 3.05) is 6.54 Å². The average Bonchev–Trinajstić information content (AvgIpc) is 2.43. The molecule has 0 saturated heterocycles. The smallest absolute Gasteiger partial charge is 0.258 e. The van der Waals surface area contributed by atoms with Gasteiger partial charge in [0.15, 0.2) is 0 Å². The highest BCUT2D eigenvalue weighted by molar-refractivity contribution is 5.97. The summed E-state index contributed by atoms with van der Waals surface area (Å²) in [4.78, 5) is 11.9. The highest BCUT2D eigenvalue weighted by Crippen LogP contribution is 2.25. The first-order valence-corrected chi connectivity index (χ1v) is 6.76. The predicted octanol–water partition coefficient (Wildman–Crippen LogP) is 2.59. The molecule has 4 nitrogen and oxygen atoms in total. The summed E-state index contributed by atoms with van der Waals surface area (Å²) >= 11 is 0. The molecule has 0 aliphatic carbocycles. The summed E-state index contributed by atoms with van der Waals surface area (Å²) in [6.45, 7) is 0.592. The van der Waals surface area contributed by atoms with Crippen molar-refractivity contribution in [3.8, 4) is 5.75 Å². The van der Waals surface area contributed by atoms with Gasteiger partial charge in [-0.1, -0.05) is 6.07 Å². The van der Waals surface area contributed by atoms with Crippen LogP contribution in [0.5, 0.6) is 5.75 Å². The number of aliphatic hydroxyl groups is 1. The van der Waals surface area contributed by atoms with Gasteiger partial charge >= 0.3 is 0 Å². The van der Waals surface area contributed by atoms with Crippen LogP contribution in [0.3, 0.4) is 0 Å². The molecule has 0 spiro atoms. The minimum absolute atomic E-state index is 0.284. The number of hydrogen-bond donors (Lipinski definition) is 3. The molecule has 1 amide bonds. The van der Waals surface area contributed by atoms with Gasteiger partial charge in [-0.15, -0.1) is 0 Å². The van der Waals surface area contributed by atoms with E-state index in [-0.39, 0.29) is 5.56 Å². The Bertz CT molecular complexity index is 770. The van der Waals surface area contributed by atoms with Gasteiger partial charge in [0, 0.05) is 23.8 Å². The molecule has 24 heavy (non-hydrogen) atoms. The molecule has 128 valence electrons. The van der Waals surface area contributed by atoms with Gasteiger partial charge in [0.05, 0.1) is 6.54 Å². The van der Waals surface area contributed by atoms with Crippen LogP contribution in [0.15, 0.2) is 30.3 Å². The third-order valence-corrected chi connectivity index (χ3v) is 3.37. The van der Waals surface area contributed by atoms with E-state index in [0.717, 1.165) is 19.1 Å². The normalized spacial score (nSPS) is 13.4. The van der Waals surface area contributed by atoms with Crippen molar-refractivity contribution in [3.63, 3.8) is 0 Å². The van der Waals surface area contributed by atoms with Crippen molar-refractivity contribution in [2.45, 2.75) is 12.5 Å². The average molecular weight is 343 g/mol. The Kier molecular flexibility index (Phi) is 4.79. The van der Waals surface area contributed by atoms with Gasteiger partial charge in [0.1, 0.15) is 40.2 Å². The lowest BCUT2D eigenvalue weighted by molar-refractivity contribution is 0.0492. The number of halogens is 4. The third kappa shape index (κ3) is 3.65. The van der Waals surface area contributed by atoms with Crippen LogP contribution in [0.1, 0.15) is 22.8 Å². The van der Waals surface area contributed by atoms with Gasteiger partial charge < -0.3 is 15.5 Å². The van der Waals surface area contributed by atoms with Crippen molar-refractivity contribution in [1.82, 2.24) is 5.32 Å². The minimum Gasteiger partial charge on any atom is -0.507 e. The number of carbonyl (C=O) groups is 1. The lowest BCUT2D eigenvalue weighted by atomic mass is 9.95. The number of rotatable bonds is 4. The molecule has 1 atom stereocenters. The van der Waals surface area contributed by atoms with Crippen LogP contribution < -0.4 is 5.32 Å². The number of phenolic OH excluding ortho intramolecular Hbond substituents is 1. The number of phenols is 1. The maximum Gasteiger partial charge on any atom is 0.258 e. The zero-order valence-electron chi connectivity index (χ0n) is 12.4. The quantitative estimate of drug-likeness (QED) is 0.748. The molecular weight excluding hydrogens is 330 g/mol. The van der Waals surface area contributed by atoms with Crippen molar-refractivity contribution < 1.29 is 32.6 Å². The van der Waals surface area contributed by atoms with Crippen molar-refractivity contribution in [2.24, 2.45) is 0 Å². The van der Waals surface area contributed by atoms with Gasteiger partial charge in [-0.05, 0) is 13.0 Å². The fraction of sp³-hybridized carbons (Fsp3) is 0.188. The van der Waals surface area contributed by atoms with E-state index in [2.05, 4.69) is 5.32 Å². The maximum atomic E-state index is 13.7. The molecule has 8 heteroatoms. The molecule has 0 radical (unpaired) electrons. The van der Waals surface area contributed by atoms with E-state index in [0.29, 0.717) is 18.2 Å². The van der Waals surface area contributed by atoms with E-state index in [9.17, 15) is 32.6 Å². The molecule has 0 saturated carbocycles. The molecule has 1 unspecified atom stereocenters. The summed E-state index contributed by atoms with van der Waals surface area (Å²) in [5.41, 5.74) is -3.03. The second kappa shape index (κ2) is 6.48. The number of carbonyl (C=O) groups excluding carboxylic acids is 1. The molecule has 0 aliphatic heterocycles. The molecule has 2 aromatic rings. The fourth-order valence-corrected chi connectivity index (χ4v) is 2.15. The number of hydrogen-bond acceptors (Lipinski definition) is 3. The van der Waals surface area contributed by atoms with Gasteiger partial charge in [-0.2, -0.15) is 0 Å². The number of nitrogens with one attached hydrogen (secondary N) is 1. The molecule has 0 bridgehead atoms. The molecule has 0 aliphatic rings. The first-order valence-electron chi connectivity index (χ1n) is 6.76. The first kappa shape index (κ1) is 17.7. The van der Waals surface area contributed by atoms with Gasteiger partial charge in [0.25, 0.3) is 5.91 Å². The Labute approximate surface area is 134 Å². The molecule has 0 heterocycles.